The Kier molecular flexibility index (Phi) is 8.15. The molecule has 0 bridgehead atoms. The second-order valence-electron chi connectivity index (χ2n) is 7.78. The zero-order chi connectivity index (χ0) is 19.8. The monoisotopic (exact) mass is 420 g/mol. The van der Waals surface area contributed by atoms with Crippen LogP contribution in [0.15, 0.2) is 18.2 Å². The van der Waals surface area contributed by atoms with Gasteiger partial charge in [-0.1, -0.05) is 38.5 Å². The molecular formula is C21H32N4OS2. The Bertz CT molecular complexity index is 670. The van der Waals surface area contributed by atoms with Crippen molar-refractivity contribution in [3.05, 3.63) is 18.2 Å². The molecule has 1 aromatic carbocycles. The molecule has 3 rings (SSSR count). The Hall–Kier alpha value is -1.60. The summed E-state index contributed by atoms with van der Waals surface area (Å²) in [4.78, 5) is 0. The molecule has 0 aliphatic heterocycles. The minimum atomic E-state index is 0.466. The summed E-state index contributed by atoms with van der Waals surface area (Å²) >= 11 is 11.0. The van der Waals surface area contributed by atoms with Crippen LogP contribution in [0.5, 0.6) is 5.75 Å². The van der Waals surface area contributed by atoms with Crippen molar-refractivity contribution in [2.45, 2.75) is 76.3 Å². The molecule has 4 N–H and O–H groups in total. The third kappa shape index (κ3) is 6.48. The summed E-state index contributed by atoms with van der Waals surface area (Å²) in [6.07, 6.45) is 12.5. The lowest BCUT2D eigenvalue weighted by atomic mass is 9.96. The molecule has 0 amide bonds. The largest absolute Gasteiger partial charge is 0.495 e. The van der Waals surface area contributed by atoms with Crippen molar-refractivity contribution < 1.29 is 4.74 Å². The van der Waals surface area contributed by atoms with E-state index in [2.05, 4.69) is 21.3 Å². The molecule has 0 aromatic heterocycles. The lowest BCUT2D eigenvalue weighted by Gasteiger charge is -2.25. The fraction of sp³-hybridized carbons (Fsp3) is 0.619. The summed E-state index contributed by atoms with van der Waals surface area (Å²) in [6.45, 7) is 0. The smallest absolute Gasteiger partial charge is 0.171 e. The van der Waals surface area contributed by atoms with Gasteiger partial charge in [-0.2, -0.15) is 0 Å². The van der Waals surface area contributed by atoms with Crippen LogP contribution >= 0.6 is 24.4 Å². The van der Waals surface area contributed by atoms with Crippen molar-refractivity contribution in [1.29, 1.82) is 0 Å². The molecule has 0 radical (unpaired) electrons. The molecule has 0 unspecified atom stereocenters. The maximum Gasteiger partial charge on any atom is 0.171 e. The van der Waals surface area contributed by atoms with Crippen molar-refractivity contribution in [1.82, 2.24) is 10.6 Å². The second-order valence-corrected chi connectivity index (χ2v) is 8.60. The van der Waals surface area contributed by atoms with E-state index in [9.17, 15) is 0 Å². The molecule has 2 fully saturated rings. The Morgan fingerprint density at radius 3 is 1.89 bits per heavy atom. The van der Waals surface area contributed by atoms with Gasteiger partial charge in [0.05, 0.1) is 12.8 Å². The molecule has 0 atom stereocenters. The Morgan fingerprint density at radius 1 is 0.821 bits per heavy atom. The lowest BCUT2D eigenvalue weighted by Crippen LogP contribution is -2.39. The maximum atomic E-state index is 5.53. The van der Waals surface area contributed by atoms with Gasteiger partial charge in [0.25, 0.3) is 0 Å². The van der Waals surface area contributed by atoms with Gasteiger partial charge < -0.3 is 26.0 Å². The topological polar surface area (TPSA) is 57.4 Å². The van der Waals surface area contributed by atoms with Gasteiger partial charge in [-0.25, -0.2) is 0 Å². The summed E-state index contributed by atoms with van der Waals surface area (Å²) < 4.78 is 5.49. The number of hydrogen-bond acceptors (Lipinski definition) is 3. The van der Waals surface area contributed by atoms with Crippen LogP contribution in [0.25, 0.3) is 0 Å². The zero-order valence-corrected chi connectivity index (χ0v) is 18.3. The lowest BCUT2D eigenvalue weighted by molar-refractivity contribution is 0.413. The van der Waals surface area contributed by atoms with Crippen molar-refractivity contribution in [2.75, 3.05) is 17.7 Å². The van der Waals surface area contributed by atoms with E-state index in [4.69, 9.17) is 29.2 Å². The highest BCUT2D eigenvalue weighted by Crippen LogP contribution is 2.28. The van der Waals surface area contributed by atoms with E-state index < -0.39 is 0 Å². The van der Waals surface area contributed by atoms with Gasteiger partial charge in [0, 0.05) is 17.8 Å². The van der Waals surface area contributed by atoms with Crippen molar-refractivity contribution in [3.63, 3.8) is 0 Å². The highest BCUT2D eigenvalue weighted by atomic mass is 32.1. The van der Waals surface area contributed by atoms with Gasteiger partial charge in [0.15, 0.2) is 10.2 Å². The number of benzene rings is 1. The van der Waals surface area contributed by atoms with Crippen LogP contribution in [0.2, 0.25) is 0 Å². The quantitative estimate of drug-likeness (QED) is 0.504. The first-order valence-corrected chi connectivity index (χ1v) is 11.3. The number of nitrogens with one attached hydrogen (secondary N) is 4. The number of methoxy groups -OCH3 is 1. The van der Waals surface area contributed by atoms with Gasteiger partial charge in [-0.3, -0.25) is 0 Å². The SMILES string of the molecule is COc1ccc(NC(=S)NC2CCCCC2)cc1NC(=S)NC1CCCCC1. The third-order valence-corrected chi connectivity index (χ3v) is 6.03. The van der Waals surface area contributed by atoms with Gasteiger partial charge in [0.1, 0.15) is 5.75 Å². The van der Waals surface area contributed by atoms with E-state index in [1.54, 1.807) is 7.11 Å². The van der Waals surface area contributed by atoms with E-state index in [1.807, 2.05) is 18.2 Å². The highest BCUT2D eigenvalue weighted by Gasteiger charge is 2.16. The van der Waals surface area contributed by atoms with Crippen molar-refractivity contribution in [3.8, 4) is 5.75 Å². The van der Waals surface area contributed by atoms with Crippen LogP contribution in [-0.4, -0.2) is 29.4 Å². The normalized spacial score (nSPS) is 18.2. The molecule has 5 nitrogen and oxygen atoms in total. The summed E-state index contributed by atoms with van der Waals surface area (Å²) in [5.74, 6) is 0.754. The van der Waals surface area contributed by atoms with Crippen LogP contribution in [-0.2, 0) is 0 Å². The molecule has 28 heavy (non-hydrogen) atoms. The van der Waals surface area contributed by atoms with Crippen molar-refractivity contribution in [2.24, 2.45) is 0 Å². The van der Waals surface area contributed by atoms with Crippen LogP contribution in [0, 0.1) is 0 Å². The zero-order valence-electron chi connectivity index (χ0n) is 16.7. The molecule has 1 aromatic rings. The molecule has 2 aliphatic carbocycles. The molecule has 0 spiro atoms. The predicted octanol–water partition coefficient (Wildman–Crippen LogP) is 4.93. The van der Waals surface area contributed by atoms with Crippen LogP contribution in [0.3, 0.4) is 0 Å². The molecule has 0 saturated heterocycles. The number of ether oxygens (including phenoxy) is 1. The Balaban J connectivity index is 1.57. The van der Waals surface area contributed by atoms with Crippen LogP contribution in [0.1, 0.15) is 64.2 Å². The van der Waals surface area contributed by atoms with Crippen molar-refractivity contribution >= 4 is 46.0 Å². The Morgan fingerprint density at radius 2 is 1.36 bits per heavy atom. The van der Waals surface area contributed by atoms with Gasteiger partial charge >= 0.3 is 0 Å². The molecule has 154 valence electrons. The summed E-state index contributed by atoms with van der Waals surface area (Å²) in [5, 5.41) is 14.8. The summed E-state index contributed by atoms with van der Waals surface area (Å²) in [6, 6.07) is 6.83. The number of hydrogen-bond donors (Lipinski definition) is 4. The average molecular weight is 421 g/mol. The fourth-order valence-corrected chi connectivity index (χ4v) is 4.63. The van der Waals surface area contributed by atoms with Gasteiger partial charge in [-0.15, -0.1) is 0 Å². The maximum absolute atomic E-state index is 5.53. The van der Waals surface area contributed by atoms with Gasteiger partial charge in [-0.05, 0) is 68.3 Å². The Labute approximate surface area is 179 Å². The average Bonchev–Trinajstić information content (AvgIpc) is 2.69. The number of anilines is 2. The standard InChI is InChI=1S/C21H32N4OS2/c1-26-19-13-12-17(24-20(27)22-15-8-4-2-5-9-15)14-18(19)25-21(28)23-16-10-6-3-7-11-16/h12-16H,2-11H2,1H3,(H2,22,24,27)(H2,23,25,28). The molecular weight excluding hydrogens is 388 g/mol. The first-order chi connectivity index (χ1) is 13.6. The van der Waals surface area contributed by atoms with E-state index in [0.717, 1.165) is 17.1 Å². The first kappa shape index (κ1) is 21.1. The van der Waals surface area contributed by atoms with E-state index in [-0.39, 0.29) is 0 Å². The molecule has 0 heterocycles. The van der Waals surface area contributed by atoms with Crippen LogP contribution < -0.4 is 26.0 Å². The minimum absolute atomic E-state index is 0.466. The molecule has 2 saturated carbocycles. The third-order valence-electron chi connectivity index (χ3n) is 5.59. The van der Waals surface area contributed by atoms with E-state index >= 15 is 0 Å². The molecule has 7 heteroatoms. The second kappa shape index (κ2) is 10.8. The number of rotatable bonds is 5. The van der Waals surface area contributed by atoms with Crippen LogP contribution in [0.4, 0.5) is 11.4 Å². The highest BCUT2D eigenvalue weighted by molar-refractivity contribution is 7.80. The summed E-state index contributed by atoms with van der Waals surface area (Å²) in [5.41, 5.74) is 1.75. The van der Waals surface area contributed by atoms with Gasteiger partial charge in [0.2, 0.25) is 0 Å². The predicted molar refractivity (Wildman–Crippen MR) is 125 cm³/mol. The van der Waals surface area contributed by atoms with E-state index in [1.165, 1.54) is 64.2 Å². The number of thiocarbonyl (C=S) groups is 2. The van der Waals surface area contributed by atoms with E-state index in [0.29, 0.717) is 22.3 Å². The molecule has 2 aliphatic rings. The summed E-state index contributed by atoms with van der Waals surface area (Å²) in [7, 11) is 1.67. The fourth-order valence-electron chi connectivity index (χ4n) is 4.07. The minimum Gasteiger partial charge on any atom is -0.495 e. The first-order valence-electron chi connectivity index (χ1n) is 10.5.